The van der Waals surface area contributed by atoms with E-state index in [9.17, 15) is 9.59 Å². The van der Waals surface area contributed by atoms with Gasteiger partial charge in [-0.2, -0.15) is 5.10 Å². The van der Waals surface area contributed by atoms with E-state index in [2.05, 4.69) is 20.5 Å². The molecule has 2 amide bonds. The number of aliphatic carboxylic acids is 1. The van der Waals surface area contributed by atoms with E-state index in [1.54, 1.807) is 6.92 Å². The molecule has 1 aromatic rings. The number of aromatic nitrogens is 3. The number of rotatable bonds is 3. The minimum absolute atomic E-state index is 0.0381. The first kappa shape index (κ1) is 13.3. The number of H-pyrrole nitrogens is 1. The molecule has 1 aliphatic rings. The van der Waals surface area contributed by atoms with Crippen LogP contribution in [0.4, 0.5) is 4.79 Å². The van der Waals surface area contributed by atoms with E-state index < -0.39 is 11.9 Å². The smallest absolute Gasteiger partial charge is 0.318 e. The number of amides is 2. The molecule has 1 fully saturated rings. The van der Waals surface area contributed by atoms with Crippen LogP contribution >= 0.6 is 0 Å². The summed E-state index contributed by atoms with van der Waals surface area (Å²) in [4.78, 5) is 28.5. The van der Waals surface area contributed by atoms with Gasteiger partial charge < -0.3 is 15.3 Å². The Hall–Kier alpha value is -2.12. The van der Waals surface area contributed by atoms with E-state index in [0.29, 0.717) is 12.4 Å². The average Bonchev–Trinajstić information content (AvgIpc) is 2.96. The fourth-order valence-corrected chi connectivity index (χ4v) is 2.22. The minimum Gasteiger partial charge on any atom is -0.481 e. The number of hydrogen-bond acceptors (Lipinski definition) is 4. The van der Waals surface area contributed by atoms with Crippen LogP contribution in [0.2, 0.25) is 0 Å². The summed E-state index contributed by atoms with van der Waals surface area (Å²) in [6.07, 6.45) is 1.37. The molecule has 0 saturated carbocycles. The van der Waals surface area contributed by atoms with Crippen LogP contribution in [0.5, 0.6) is 0 Å². The number of nitrogens with one attached hydrogen (secondary N) is 2. The van der Waals surface area contributed by atoms with Crippen LogP contribution in [-0.4, -0.2) is 50.3 Å². The molecule has 3 N–H and O–H groups in total. The summed E-state index contributed by atoms with van der Waals surface area (Å²) >= 11 is 0. The standard InChI is InChI=1S/C11H17N5O3/c1-6-3-16(4-8(6)10(17)18)11(19)14-7(2)9-12-5-13-15-9/h5-8H,3-4H2,1-2H3,(H,14,19)(H,17,18)(H,12,13,15). The van der Waals surface area contributed by atoms with E-state index in [-0.39, 0.29) is 24.5 Å². The maximum atomic E-state index is 12.0. The normalized spacial score (nSPS) is 24.2. The summed E-state index contributed by atoms with van der Waals surface area (Å²) in [5.41, 5.74) is 0. The van der Waals surface area contributed by atoms with Gasteiger partial charge in [-0.3, -0.25) is 9.89 Å². The molecule has 1 aliphatic heterocycles. The predicted molar refractivity (Wildman–Crippen MR) is 65.2 cm³/mol. The Morgan fingerprint density at radius 1 is 1.58 bits per heavy atom. The van der Waals surface area contributed by atoms with Crippen LogP contribution in [0.1, 0.15) is 25.7 Å². The molecule has 104 valence electrons. The van der Waals surface area contributed by atoms with Gasteiger partial charge in [-0.05, 0) is 12.8 Å². The molecular formula is C11H17N5O3. The van der Waals surface area contributed by atoms with Crippen molar-refractivity contribution >= 4 is 12.0 Å². The Bertz CT molecular complexity index is 461. The first-order valence-electron chi connectivity index (χ1n) is 6.12. The third kappa shape index (κ3) is 2.83. The number of hydrogen-bond donors (Lipinski definition) is 3. The highest BCUT2D eigenvalue weighted by molar-refractivity contribution is 5.77. The Kier molecular flexibility index (Phi) is 3.68. The number of carbonyl (C=O) groups excluding carboxylic acids is 1. The molecule has 0 aliphatic carbocycles. The summed E-state index contributed by atoms with van der Waals surface area (Å²) in [5, 5.41) is 18.2. The van der Waals surface area contributed by atoms with Crippen molar-refractivity contribution in [2.24, 2.45) is 11.8 Å². The van der Waals surface area contributed by atoms with Crippen LogP contribution in [-0.2, 0) is 4.79 Å². The zero-order chi connectivity index (χ0) is 14.0. The number of aromatic amines is 1. The van der Waals surface area contributed by atoms with Crippen molar-refractivity contribution in [3.05, 3.63) is 12.2 Å². The van der Waals surface area contributed by atoms with Gasteiger partial charge in [0.05, 0.1) is 12.0 Å². The number of urea groups is 1. The molecule has 19 heavy (non-hydrogen) atoms. The number of carboxylic acids is 1. The second kappa shape index (κ2) is 5.25. The van der Waals surface area contributed by atoms with Gasteiger partial charge in [0.2, 0.25) is 0 Å². The second-order valence-electron chi connectivity index (χ2n) is 4.87. The SMILES string of the molecule is CC(NC(=O)N1CC(C)C(C(=O)O)C1)c1ncn[nH]1. The van der Waals surface area contributed by atoms with Crippen LogP contribution in [0.25, 0.3) is 0 Å². The molecule has 8 nitrogen and oxygen atoms in total. The van der Waals surface area contributed by atoms with Crippen LogP contribution in [0.3, 0.4) is 0 Å². The van der Waals surface area contributed by atoms with Crippen molar-refractivity contribution in [2.45, 2.75) is 19.9 Å². The molecule has 3 atom stereocenters. The van der Waals surface area contributed by atoms with Crippen molar-refractivity contribution in [2.75, 3.05) is 13.1 Å². The van der Waals surface area contributed by atoms with Crippen molar-refractivity contribution in [1.29, 1.82) is 0 Å². The highest BCUT2D eigenvalue weighted by Gasteiger charge is 2.37. The van der Waals surface area contributed by atoms with Gasteiger partial charge in [0.15, 0.2) is 0 Å². The van der Waals surface area contributed by atoms with Gasteiger partial charge in [-0.1, -0.05) is 6.92 Å². The molecule has 2 heterocycles. The third-order valence-corrected chi connectivity index (χ3v) is 3.40. The summed E-state index contributed by atoms with van der Waals surface area (Å²) in [6.45, 7) is 4.32. The van der Waals surface area contributed by atoms with Crippen LogP contribution < -0.4 is 5.32 Å². The van der Waals surface area contributed by atoms with Crippen molar-refractivity contribution in [3.8, 4) is 0 Å². The maximum absolute atomic E-state index is 12.0. The van der Waals surface area contributed by atoms with Gasteiger partial charge in [-0.25, -0.2) is 9.78 Å². The van der Waals surface area contributed by atoms with Gasteiger partial charge in [0.25, 0.3) is 0 Å². The monoisotopic (exact) mass is 267 g/mol. The molecule has 3 unspecified atom stereocenters. The molecule has 0 spiro atoms. The van der Waals surface area contributed by atoms with Gasteiger partial charge in [0.1, 0.15) is 12.2 Å². The highest BCUT2D eigenvalue weighted by atomic mass is 16.4. The number of nitrogens with zero attached hydrogens (tertiary/aromatic N) is 3. The minimum atomic E-state index is -0.855. The lowest BCUT2D eigenvalue weighted by Crippen LogP contribution is -2.40. The lowest BCUT2D eigenvalue weighted by Gasteiger charge is -2.19. The molecular weight excluding hydrogens is 250 g/mol. The van der Waals surface area contributed by atoms with Gasteiger partial charge in [0, 0.05) is 13.1 Å². The number of likely N-dealkylation sites (tertiary alicyclic amines) is 1. The van der Waals surface area contributed by atoms with Gasteiger partial charge in [-0.15, -0.1) is 0 Å². The van der Waals surface area contributed by atoms with Crippen molar-refractivity contribution in [1.82, 2.24) is 25.4 Å². The molecule has 2 rings (SSSR count). The third-order valence-electron chi connectivity index (χ3n) is 3.40. The molecule has 1 aromatic heterocycles. The summed E-state index contributed by atoms with van der Waals surface area (Å²) < 4.78 is 0. The van der Waals surface area contributed by atoms with Crippen LogP contribution in [0.15, 0.2) is 6.33 Å². The summed E-state index contributed by atoms with van der Waals surface area (Å²) in [7, 11) is 0. The molecule has 0 bridgehead atoms. The topological polar surface area (TPSA) is 111 Å². The van der Waals surface area contributed by atoms with E-state index in [0.717, 1.165) is 0 Å². The average molecular weight is 267 g/mol. The van der Waals surface area contributed by atoms with Gasteiger partial charge >= 0.3 is 12.0 Å². The fourth-order valence-electron chi connectivity index (χ4n) is 2.22. The molecule has 8 heteroatoms. The summed E-state index contributed by atoms with van der Waals surface area (Å²) in [5.74, 6) is -0.823. The molecule has 0 aromatic carbocycles. The number of carbonyl (C=O) groups is 2. The molecule has 1 saturated heterocycles. The first-order chi connectivity index (χ1) is 8.99. The van der Waals surface area contributed by atoms with E-state index >= 15 is 0 Å². The first-order valence-corrected chi connectivity index (χ1v) is 6.12. The summed E-state index contributed by atoms with van der Waals surface area (Å²) in [6, 6.07) is -0.575. The zero-order valence-electron chi connectivity index (χ0n) is 10.8. The zero-order valence-corrected chi connectivity index (χ0v) is 10.8. The fraction of sp³-hybridized carbons (Fsp3) is 0.636. The Morgan fingerprint density at radius 2 is 2.32 bits per heavy atom. The van der Waals surface area contributed by atoms with Crippen molar-refractivity contribution in [3.63, 3.8) is 0 Å². The molecule has 0 radical (unpaired) electrons. The Balaban J connectivity index is 1.93. The maximum Gasteiger partial charge on any atom is 0.318 e. The predicted octanol–water partition coefficient (Wildman–Crippen LogP) is 0.228. The van der Waals surface area contributed by atoms with Crippen molar-refractivity contribution < 1.29 is 14.7 Å². The van der Waals surface area contributed by atoms with E-state index in [4.69, 9.17) is 5.11 Å². The van der Waals surface area contributed by atoms with Crippen LogP contribution in [0, 0.1) is 11.8 Å². The van der Waals surface area contributed by atoms with E-state index in [1.165, 1.54) is 11.2 Å². The number of carboxylic acid groups (broad SMARTS) is 1. The second-order valence-corrected chi connectivity index (χ2v) is 4.87. The quantitative estimate of drug-likeness (QED) is 0.725. The lowest BCUT2D eigenvalue weighted by molar-refractivity contribution is -0.142. The highest BCUT2D eigenvalue weighted by Crippen LogP contribution is 2.23. The Morgan fingerprint density at radius 3 is 2.84 bits per heavy atom. The lowest BCUT2D eigenvalue weighted by atomic mass is 9.99. The van der Waals surface area contributed by atoms with E-state index in [1.807, 2.05) is 6.92 Å². The largest absolute Gasteiger partial charge is 0.481 e. The Labute approximate surface area is 110 Å².